The Hall–Kier alpha value is -1.80. The highest BCUT2D eigenvalue weighted by molar-refractivity contribution is 7.99. The van der Waals surface area contributed by atoms with Crippen LogP contribution < -0.4 is 9.54 Å². The minimum atomic E-state index is -0.105. The molecule has 3 rings (SSSR count). The summed E-state index contributed by atoms with van der Waals surface area (Å²) >= 11 is 9.11. The Kier molecular flexibility index (Phi) is 8.18. The van der Waals surface area contributed by atoms with Gasteiger partial charge in [-0.25, -0.2) is 0 Å². The molecule has 1 heterocycles. The number of aromatic nitrogens is 1. The third-order valence-electron chi connectivity index (χ3n) is 4.25. The van der Waals surface area contributed by atoms with E-state index in [4.69, 9.17) is 21.1 Å². The van der Waals surface area contributed by atoms with Gasteiger partial charge in [0.1, 0.15) is 5.75 Å². The van der Waals surface area contributed by atoms with Crippen molar-refractivity contribution in [3.63, 3.8) is 0 Å². The number of carbonyl (C=O) groups excluding carboxylic acids is 1. The Morgan fingerprint density at radius 3 is 2.72 bits per heavy atom. The summed E-state index contributed by atoms with van der Waals surface area (Å²) in [5.41, 5.74) is 1.03. The average Bonchev–Trinajstić information content (AvgIpc) is 3.06. The van der Waals surface area contributed by atoms with E-state index in [1.807, 2.05) is 47.0 Å². The normalized spacial score (nSPS) is 11.9. The number of ether oxygens (including phenoxy) is 2. The average molecular weight is 451 g/mol. The number of hydrogen-bond acceptors (Lipinski definition) is 5. The van der Waals surface area contributed by atoms with Gasteiger partial charge < -0.3 is 14.0 Å². The van der Waals surface area contributed by atoms with Crippen LogP contribution in [-0.4, -0.2) is 37.1 Å². The monoisotopic (exact) mass is 450 g/mol. The van der Waals surface area contributed by atoms with Crippen molar-refractivity contribution in [1.29, 1.82) is 0 Å². The molecule has 0 aliphatic heterocycles. The van der Waals surface area contributed by atoms with Gasteiger partial charge in [0, 0.05) is 30.0 Å². The van der Waals surface area contributed by atoms with Crippen molar-refractivity contribution in [2.24, 2.45) is 4.99 Å². The van der Waals surface area contributed by atoms with E-state index in [1.54, 1.807) is 26.0 Å². The van der Waals surface area contributed by atoms with E-state index in [9.17, 15) is 4.79 Å². The van der Waals surface area contributed by atoms with Crippen molar-refractivity contribution in [2.45, 2.75) is 24.3 Å². The highest BCUT2D eigenvalue weighted by atomic mass is 35.5. The molecule has 0 spiro atoms. The fraction of sp³-hybridized carbons (Fsp3) is 0.333. The molecule has 0 saturated heterocycles. The molecule has 3 aromatic rings. The summed E-state index contributed by atoms with van der Waals surface area (Å²) in [7, 11) is 3.31. The Balaban J connectivity index is 1.68. The van der Waals surface area contributed by atoms with Crippen LogP contribution in [-0.2, 0) is 16.1 Å². The first kappa shape index (κ1) is 21.9. The number of carbonyl (C=O) groups is 1. The topological polar surface area (TPSA) is 52.8 Å². The van der Waals surface area contributed by atoms with E-state index in [1.165, 1.54) is 11.3 Å². The molecule has 1 aromatic heterocycles. The minimum Gasteiger partial charge on any atom is -0.497 e. The van der Waals surface area contributed by atoms with Crippen molar-refractivity contribution in [1.82, 2.24) is 4.57 Å². The lowest BCUT2D eigenvalue weighted by Crippen LogP contribution is -2.19. The molecule has 0 radical (unpaired) electrons. The number of amides is 1. The van der Waals surface area contributed by atoms with Crippen molar-refractivity contribution >= 4 is 50.8 Å². The van der Waals surface area contributed by atoms with Gasteiger partial charge in [-0.1, -0.05) is 22.9 Å². The zero-order chi connectivity index (χ0) is 20.6. The van der Waals surface area contributed by atoms with Gasteiger partial charge in [-0.2, -0.15) is 4.99 Å². The zero-order valence-corrected chi connectivity index (χ0v) is 18.8. The maximum absolute atomic E-state index is 12.4. The molecule has 0 fully saturated rings. The first-order chi connectivity index (χ1) is 14.1. The number of thioether (sulfide) groups is 1. The minimum absolute atomic E-state index is 0.105. The summed E-state index contributed by atoms with van der Waals surface area (Å²) in [6, 6.07) is 13.6. The summed E-state index contributed by atoms with van der Waals surface area (Å²) in [5.74, 6) is 1.54. The van der Waals surface area contributed by atoms with Crippen LogP contribution in [0, 0.1) is 0 Å². The van der Waals surface area contributed by atoms with Crippen molar-refractivity contribution in [3.05, 3.63) is 52.3 Å². The van der Waals surface area contributed by atoms with Crippen LogP contribution in [0.1, 0.15) is 12.8 Å². The molecule has 0 atom stereocenters. The van der Waals surface area contributed by atoms with Gasteiger partial charge in [0.25, 0.3) is 0 Å². The highest BCUT2D eigenvalue weighted by Gasteiger charge is 2.09. The summed E-state index contributed by atoms with van der Waals surface area (Å²) in [4.78, 5) is 18.7. The number of benzene rings is 2. The molecular formula is C21H23ClN2O3S2. The van der Waals surface area contributed by atoms with Gasteiger partial charge in [-0.15, -0.1) is 11.8 Å². The standard InChI is InChI=1S/C21H23ClN2O3S2/c1-26-12-11-24-18-10-7-16(27-2)14-19(18)29-21(24)23-20(25)4-3-13-28-17-8-5-15(22)6-9-17/h5-10,14H,3-4,11-13H2,1-2H3. The number of methoxy groups -OCH3 is 2. The van der Waals surface area contributed by atoms with Gasteiger partial charge in [0.15, 0.2) is 4.80 Å². The molecule has 2 aromatic carbocycles. The lowest BCUT2D eigenvalue weighted by molar-refractivity contribution is -0.118. The van der Waals surface area contributed by atoms with E-state index in [-0.39, 0.29) is 5.91 Å². The molecule has 0 aliphatic rings. The zero-order valence-electron chi connectivity index (χ0n) is 16.4. The second-order valence-electron chi connectivity index (χ2n) is 6.27. The van der Waals surface area contributed by atoms with E-state index < -0.39 is 0 Å². The molecule has 1 amide bonds. The van der Waals surface area contributed by atoms with Gasteiger partial charge in [0.2, 0.25) is 5.91 Å². The predicted molar refractivity (Wildman–Crippen MR) is 120 cm³/mol. The Morgan fingerprint density at radius 2 is 2.00 bits per heavy atom. The van der Waals surface area contributed by atoms with Crippen LogP contribution >= 0.6 is 34.7 Å². The first-order valence-electron chi connectivity index (χ1n) is 9.23. The van der Waals surface area contributed by atoms with Crippen molar-refractivity contribution in [2.75, 3.05) is 26.6 Å². The van der Waals surface area contributed by atoms with Gasteiger partial charge in [0.05, 0.1) is 23.9 Å². The van der Waals surface area contributed by atoms with Crippen LogP contribution in [0.2, 0.25) is 5.02 Å². The number of rotatable bonds is 9. The van der Waals surface area contributed by atoms with Gasteiger partial charge in [-0.05, 0) is 54.6 Å². The SMILES string of the molecule is COCCn1c(=NC(=O)CCCSc2ccc(Cl)cc2)sc2cc(OC)ccc21. The smallest absolute Gasteiger partial charge is 0.248 e. The van der Waals surface area contributed by atoms with Crippen molar-refractivity contribution < 1.29 is 14.3 Å². The Labute approximate surface area is 183 Å². The maximum Gasteiger partial charge on any atom is 0.248 e. The number of thiazole rings is 1. The number of halogens is 1. The molecule has 0 bridgehead atoms. The third kappa shape index (κ3) is 6.09. The van der Waals surface area contributed by atoms with Crippen molar-refractivity contribution in [3.8, 4) is 5.75 Å². The summed E-state index contributed by atoms with van der Waals surface area (Å²) < 4.78 is 13.6. The Morgan fingerprint density at radius 1 is 1.21 bits per heavy atom. The van der Waals surface area contributed by atoms with Crippen LogP contribution in [0.3, 0.4) is 0 Å². The maximum atomic E-state index is 12.4. The van der Waals surface area contributed by atoms with Crippen LogP contribution in [0.5, 0.6) is 5.75 Å². The molecular weight excluding hydrogens is 428 g/mol. The fourth-order valence-corrected chi connectivity index (χ4v) is 4.85. The highest BCUT2D eigenvalue weighted by Crippen LogP contribution is 2.24. The number of nitrogens with zero attached hydrogens (tertiary/aromatic N) is 2. The molecule has 0 N–H and O–H groups in total. The van der Waals surface area contributed by atoms with Crippen LogP contribution in [0.4, 0.5) is 0 Å². The molecule has 0 unspecified atom stereocenters. The van der Waals surface area contributed by atoms with E-state index in [2.05, 4.69) is 4.99 Å². The number of hydrogen-bond donors (Lipinski definition) is 0. The second-order valence-corrected chi connectivity index (χ2v) is 8.89. The quantitative estimate of drug-likeness (QED) is 0.339. The Bertz CT molecular complexity index is 1030. The summed E-state index contributed by atoms with van der Waals surface area (Å²) in [6.45, 7) is 1.19. The fourth-order valence-electron chi connectivity index (χ4n) is 2.77. The van der Waals surface area contributed by atoms with E-state index in [0.29, 0.717) is 24.4 Å². The molecule has 0 saturated carbocycles. The molecule has 29 heavy (non-hydrogen) atoms. The van der Waals surface area contributed by atoms with E-state index in [0.717, 1.165) is 38.1 Å². The number of fused-ring (bicyclic) bond motifs is 1. The van der Waals surface area contributed by atoms with E-state index >= 15 is 0 Å². The van der Waals surface area contributed by atoms with Crippen LogP contribution in [0.15, 0.2) is 52.4 Å². The molecule has 154 valence electrons. The molecule has 8 heteroatoms. The summed E-state index contributed by atoms with van der Waals surface area (Å²) in [6.07, 6.45) is 1.19. The second kappa shape index (κ2) is 10.8. The molecule has 0 aliphatic carbocycles. The van der Waals surface area contributed by atoms with Crippen LogP contribution in [0.25, 0.3) is 10.2 Å². The largest absolute Gasteiger partial charge is 0.497 e. The lowest BCUT2D eigenvalue weighted by atomic mass is 10.3. The molecule has 5 nitrogen and oxygen atoms in total. The lowest BCUT2D eigenvalue weighted by Gasteiger charge is -2.05. The van der Waals surface area contributed by atoms with Gasteiger partial charge in [-0.3, -0.25) is 4.79 Å². The first-order valence-corrected chi connectivity index (χ1v) is 11.4. The third-order valence-corrected chi connectivity index (χ3v) is 6.64. The summed E-state index contributed by atoms with van der Waals surface area (Å²) in [5, 5.41) is 0.728. The predicted octanol–water partition coefficient (Wildman–Crippen LogP) is 5.01. The van der Waals surface area contributed by atoms with Gasteiger partial charge >= 0.3 is 0 Å².